The van der Waals surface area contributed by atoms with E-state index in [1.54, 1.807) is 6.08 Å². The van der Waals surface area contributed by atoms with Crippen molar-refractivity contribution >= 4 is 11.8 Å². The molecule has 4 heteroatoms. The maximum atomic E-state index is 12.0. The number of amides is 2. The Hall–Kier alpha value is -1.16. The summed E-state index contributed by atoms with van der Waals surface area (Å²) in [6.45, 7) is 5.82. The highest BCUT2D eigenvalue weighted by Crippen LogP contribution is 2.22. The molecule has 0 N–H and O–H groups in total. The molecule has 0 aliphatic carbocycles. The first-order chi connectivity index (χ1) is 7.74. The van der Waals surface area contributed by atoms with E-state index in [0.717, 1.165) is 25.9 Å². The van der Waals surface area contributed by atoms with Crippen LogP contribution in [0.15, 0.2) is 12.7 Å². The summed E-state index contributed by atoms with van der Waals surface area (Å²) >= 11 is 0. The Labute approximate surface area is 95.9 Å². The van der Waals surface area contributed by atoms with Gasteiger partial charge in [-0.25, -0.2) is 0 Å². The van der Waals surface area contributed by atoms with Crippen molar-refractivity contribution in [3.63, 3.8) is 0 Å². The average Bonchev–Trinajstić information content (AvgIpc) is 2.59. The molecule has 0 aromatic rings. The molecular weight excluding hydrogens is 204 g/mol. The lowest BCUT2D eigenvalue weighted by atomic mass is 10.1. The number of carbonyl (C=O) groups excluding carboxylic acids is 2. The van der Waals surface area contributed by atoms with E-state index in [4.69, 9.17) is 0 Å². The lowest BCUT2D eigenvalue weighted by Gasteiger charge is -2.30. The predicted octanol–water partition coefficient (Wildman–Crippen LogP) is 0.786. The molecular formula is C12H18N2O2. The third-order valence-corrected chi connectivity index (χ3v) is 3.36. The number of hydrogen-bond acceptors (Lipinski definition) is 3. The Morgan fingerprint density at radius 2 is 1.94 bits per heavy atom. The molecule has 2 aliphatic rings. The number of imide groups is 1. The first kappa shape index (κ1) is 11.3. The Bertz CT molecular complexity index is 308. The molecule has 0 aromatic carbocycles. The zero-order valence-electron chi connectivity index (χ0n) is 9.52. The lowest BCUT2D eigenvalue weighted by molar-refractivity contribution is -0.139. The van der Waals surface area contributed by atoms with Crippen LogP contribution in [0.5, 0.6) is 0 Å². The monoisotopic (exact) mass is 222 g/mol. The quantitative estimate of drug-likeness (QED) is 0.523. The highest BCUT2D eigenvalue weighted by atomic mass is 16.2. The predicted molar refractivity (Wildman–Crippen MR) is 60.7 cm³/mol. The van der Waals surface area contributed by atoms with Crippen LogP contribution in [-0.2, 0) is 9.59 Å². The topological polar surface area (TPSA) is 40.6 Å². The third-order valence-electron chi connectivity index (χ3n) is 3.36. The molecule has 2 saturated heterocycles. The van der Waals surface area contributed by atoms with Gasteiger partial charge in [0.05, 0.1) is 12.5 Å². The van der Waals surface area contributed by atoms with Gasteiger partial charge >= 0.3 is 0 Å². The van der Waals surface area contributed by atoms with E-state index in [-0.39, 0.29) is 17.9 Å². The Morgan fingerprint density at radius 1 is 1.25 bits per heavy atom. The molecule has 1 atom stereocenters. The maximum Gasteiger partial charge on any atom is 0.247 e. The minimum absolute atomic E-state index is 0.0354. The summed E-state index contributed by atoms with van der Waals surface area (Å²) in [6.07, 6.45) is 5.47. The number of carbonyl (C=O) groups is 2. The van der Waals surface area contributed by atoms with Crippen molar-refractivity contribution in [2.24, 2.45) is 0 Å². The fourth-order valence-corrected chi connectivity index (χ4v) is 2.50. The standard InChI is InChI=1S/C12H18N2O2/c1-2-6-14-11(15)9-10(12(14)16)13-7-4-3-5-8-13/h2,10H,1,3-9H2/t10-/m0/s1. The molecule has 88 valence electrons. The van der Waals surface area contributed by atoms with Crippen LogP contribution in [0.1, 0.15) is 25.7 Å². The van der Waals surface area contributed by atoms with E-state index in [1.807, 2.05) is 0 Å². The Kier molecular flexibility index (Phi) is 3.39. The summed E-state index contributed by atoms with van der Waals surface area (Å²) in [6, 6.07) is -0.201. The second kappa shape index (κ2) is 4.78. The van der Waals surface area contributed by atoms with Crippen LogP contribution in [0.25, 0.3) is 0 Å². The van der Waals surface area contributed by atoms with E-state index < -0.39 is 0 Å². The molecule has 0 unspecified atom stereocenters. The van der Waals surface area contributed by atoms with Crippen molar-refractivity contribution in [1.82, 2.24) is 9.80 Å². The van der Waals surface area contributed by atoms with Gasteiger partial charge in [-0.2, -0.15) is 0 Å². The largest absolute Gasteiger partial charge is 0.292 e. The minimum atomic E-state index is -0.201. The SMILES string of the molecule is C=CCN1C(=O)C[C@H](N2CCCCC2)C1=O. The van der Waals surface area contributed by atoms with Gasteiger partial charge in [0, 0.05) is 6.54 Å². The third kappa shape index (κ3) is 2.02. The summed E-state index contributed by atoms with van der Waals surface area (Å²) in [4.78, 5) is 27.2. The number of hydrogen-bond donors (Lipinski definition) is 0. The van der Waals surface area contributed by atoms with Crippen LogP contribution in [0.2, 0.25) is 0 Å². The van der Waals surface area contributed by atoms with Gasteiger partial charge in [0.15, 0.2) is 0 Å². The summed E-state index contributed by atoms with van der Waals surface area (Å²) in [5.74, 6) is -0.0905. The molecule has 16 heavy (non-hydrogen) atoms. The van der Waals surface area contributed by atoms with Gasteiger partial charge in [-0.15, -0.1) is 6.58 Å². The molecule has 2 fully saturated rings. The van der Waals surface area contributed by atoms with Crippen LogP contribution < -0.4 is 0 Å². The summed E-state index contributed by atoms with van der Waals surface area (Å²) < 4.78 is 0. The van der Waals surface area contributed by atoms with Crippen LogP contribution in [0.4, 0.5) is 0 Å². The molecule has 2 heterocycles. The van der Waals surface area contributed by atoms with Gasteiger partial charge in [-0.05, 0) is 25.9 Å². The molecule has 4 nitrogen and oxygen atoms in total. The van der Waals surface area contributed by atoms with E-state index in [9.17, 15) is 9.59 Å². The van der Waals surface area contributed by atoms with Crippen LogP contribution >= 0.6 is 0 Å². The summed E-state index contributed by atoms with van der Waals surface area (Å²) in [7, 11) is 0. The first-order valence-electron chi connectivity index (χ1n) is 5.93. The fraction of sp³-hybridized carbons (Fsp3) is 0.667. The van der Waals surface area contributed by atoms with Crippen molar-refractivity contribution in [2.75, 3.05) is 19.6 Å². The molecule has 2 aliphatic heterocycles. The maximum absolute atomic E-state index is 12.0. The van der Waals surface area contributed by atoms with Crippen molar-refractivity contribution in [2.45, 2.75) is 31.7 Å². The molecule has 0 spiro atoms. The Morgan fingerprint density at radius 3 is 2.56 bits per heavy atom. The van der Waals surface area contributed by atoms with E-state index >= 15 is 0 Å². The van der Waals surface area contributed by atoms with Crippen molar-refractivity contribution in [1.29, 1.82) is 0 Å². The van der Waals surface area contributed by atoms with E-state index in [1.165, 1.54) is 11.3 Å². The smallest absolute Gasteiger partial charge is 0.247 e. The molecule has 0 saturated carbocycles. The Balaban J connectivity index is 2.04. The van der Waals surface area contributed by atoms with Gasteiger partial charge in [0.1, 0.15) is 0 Å². The van der Waals surface area contributed by atoms with Gasteiger partial charge in [0.25, 0.3) is 0 Å². The zero-order chi connectivity index (χ0) is 11.5. The first-order valence-corrected chi connectivity index (χ1v) is 5.93. The zero-order valence-corrected chi connectivity index (χ0v) is 9.52. The molecule has 2 amide bonds. The second-order valence-electron chi connectivity index (χ2n) is 4.45. The number of likely N-dealkylation sites (tertiary alicyclic amines) is 2. The highest BCUT2D eigenvalue weighted by Gasteiger charge is 2.41. The van der Waals surface area contributed by atoms with Gasteiger partial charge in [0.2, 0.25) is 11.8 Å². The van der Waals surface area contributed by atoms with Gasteiger partial charge < -0.3 is 0 Å². The van der Waals surface area contributed by atoms with Gasteiger partial charge in [-0.3, -0.25) is 19.4 Å². The van der Waals surface area contributed by atoms with Crippen molar-refractivity contribution in [3.05, 3.63) is 12.7 Å². The lowest BCUT2D eigenvalue weighted by Crippen LogP contribution is -2.44. The van der Waals surface area contributed by atoms with Crippen LogP contribution in [0, 0.1) is 0 Å². The highest BCUT2D eigenvalue weighted by molar-refractivity contribution is 6.05. The molecule has 2 rings (SSSR count). The number of nitrogens with zero attached hydrogens (tertiary/aromatic N) is 2. The van der Waals surface area contributed by atoms with E-state index in [2.05, 4.69) is 11.5 Å². The van der Waals surface area contributed by atoms with E-state index in [0.29, 0.717) is 13.0 Å². The average molecular weight is 222 g/mol. The van der Waals surface area contributed by atoms with Crippen LogP contribution in [-0.4, -0.2) is 47.3 Å². The van der Waals surface area contributed by atoms with Crippen molar-refractivity contribution in [3.8, 4) is 0 Å². The summed E-state index contributed by atoms with van der Waals surface area (Å²) in [5.41, 5.74) is 0. The van der Waals surface area contributed by atoms with Crippen LogP contribution in [0.3, 0.4) is 0 Å². The second-order valence-corrected chi connectivity index (χ2v) is 4.45. The molecule has 0 bridgehead atoms. The minimum Gasteiger partial charge on any atom is -0.292 e. The van der Waals surface area contributed by atoms with Crippen molar-refractivity contribution < 1.29 is 9.59 Å². The molecule has 0 aromatic heterocycles. The summed E-state index contributed by atoms with van der Waals surface area (Å²) in [5, 5.41) is 0. The normalized spacial score (nSPS) is 27.5. The molecule has 0 radical (unpaired) electrons. The number of rotatable bonds is 3. The van der Waals surface area contributed by atoms with Gasteiger partial charge in [-0.1, -0.05) is 12.5 Å². The number of piperidine rings is 1. The fourth-order valence-electron chi connectivity index (χ4n) is 2.50.